The van der Waals surface area contributed by atoms with Crippen molar-refractivity contribution in [2.24, 2.45) is 5.73 Å². The molecule has 0 radical (unpaired) electrons. The van der Waals surface area contributed by atoms with Gasteiger partial charge < -0.3 is 16.0 Å². The van der Waals surface area contributed by atoms with Crippen molar-refractivity contribution in [3.8, 4) is 0 Å². The van der Waals surface area contributed by atoms with E-state index in [1.54, 1.807) is 6.92 Å². The Kier molecular flexibility index (Phi) is 5.54. The molecule has 4 N–H and O–H groups in total. The van der Waals surface area contributed by atoms with Gasteiger partial charge >= 0.3 is 6.03 Å². The van der Waals surface area contributed by atoms with E-state index < -0.39 is 18.0 Å². The summed E-state index contributed by atoms with van der Waals surface area (Å²) in [6.45, 7) is 5.82. The number of aryl methyl sites for hydroxylation is 1. The molecule has 1 aliphatic heterocycles. The molecular weight excluding hydrogens is 300 g/mol. The zero-order valence-corrected chi connectivity index (χ0v) is 13.7. The van der Waals surface area contributed by atoms with Crippen molar-refractivity contribution < 1.29 is 9.59 Å². The Bertz CT molecular complexity index is 558. The maximum absolute atomic E-state index is 11.7. The number of imide groups is 1. The molecule has 120 valence electrons. The van der Waals surface area contributed by atoms with Gasteiger partial charge in [0, 0.05) is 36.0 Å². The van der Waals surface area contributed by atoms with Crippen LogP contribution in [0.1, 0.15) is 12.5 Å². The predicted molar refractivity (Wildman–Crippen MR) is 91.5 cm³/mol. The Hall–Kier alpha value is -1.89. The van der Waals surface area contributed by atoms with Gasteiger partial charge in [-0.3, -0.25) is 10.1 Å². The van der Waals surface area contributed by atoms with Crippen LogP contribution in [0, 0.1) is 6.92 Å². The molecule has 0 bridgehead atoms. The molecule has 1 aliphatic rings. The average molecular weight is 322 g/mol. The molecule has 6 nitrogen and oxygen atoms in total. The molecular formula is C15H22N4O2S. The monoisotopic (exact) mass is 322 g/mol. The quantitative estimate of drug-likeness (QED) is 0.783. The van der Waals surface area contributed by atoms with E-state index in [4.69, 9.17) is 5.73 Å². The van der Waals surface area contributed by atoms with Gasteiger partial charge in [0.15, 0.2) is 0 Å². The topological polar surface area (TPSA) is 87.5 Å². The molecule has 1 aromatic carbocycles. The molecule has 1 atom stereocenters. The first-order valence-electron chi connectivity index (χ1n) is 7.27. The van der Waals surface area contributed by atoms with Crippen molar-refractivity contribution in [1.82, 2.24) is 5.32 Å². The Morgan fingerprint density at radius 1 is 1.32 bits per heavy atom. The highest BCUT2D eigenvalue weighted by Crippen LogP contribution is 2.25. The molecule has 1 fully saturated rings. The Labute approximate surface area is 134 Å². The van der Waals surface area contributed by atoms with E-state index in [9.17, 15) is 9.59 Å². The summed E-state index contributed by atoms with van der Waals surface area (Å²) in [5.74, 6) is 1.87. The van der Waals surface area contributed by atoms with Crippen molar-refractivity contribution in [3.63, 3.8) is 0 Å². The maximum Gasteiger partial charge on any atom is 0.318 e. The summed E-state index contributed by atoms with van der Waals surface area (Å²) in [7, 11) is 0. The van der Waals surface area contributed by atoms with Crippen molar-refractivity contribution in [2.45, 2.75) is 19.9 Å². The summed E-state index contributed by atoms with van der Waals surface area (Å²) in [5, 5.41) is 5.18. The van der Waals surface area contributed by atoms with E-state index in [1.807, 2.05) is 24.8 Å². The molecule has 2 rings (SSSR count). The summed E-state index contributed by atoms with van der Waals surface area (Å²) < 4.78 is 0. The number of thioether (sulfide) groups is 1. The number of benzene rings is 1. The van der Waals surface area contributed by atoms with Crippen LogP contribution in [-0.4, -0.2) is 42.6 Å². The van der Waals surface area contributed by atoms with Crippen LogP contribution < -0.4 is 21.3 Å². The predicted octanol–water partition coefficient (Wildman–Crippen LogP) is 1.54. The number of nitrogens with one attached hydrogen (secondary N) is 2. The number of urea groups is 1. The second-order valence-corrected chi connectivity index (χ2v) is 6.54. The first kappa shape index (κ1) is 16.5. The van der Waals surface area contributed by atoms with E-state index in [1.165, 1.54) is 5.69 Å². The smallest absolute Gasteiger partial charge is 0.318 e. The normalized spacial score (nSPS) is 16.0. The van der Waals surface area contributed by atoms with Crippen LogP contribution in [-0.2, 0) is 4.79 Å². The van der Waals surface area contributed by atoms with Gasteiger partial charge in [-0.05, 0) is 37.6 Å². The molecule has 0 aliphatic carbocycles. The SMILES string of the molecule is Cc1cc(N2CCSCC2)ccc1N[C@@H](C)C(=O)NC(N)=O. The number of amides is 3. The number of primary amides is 1. The summed E-state index contributed by atoms with van der Waals surface area (Å²) in [6, 6.07) is 4.78. The Morgan fingerprint density at radius 2 is 2.00 bits per heavy atom. The second kappa shape index (κ2) is 7.40. The molecule has 1 saturated heterocycles. The van der Waals surface area contributed by atoms with Crippen LogP contribution in [0.25, 0.3) is 0 Å². The lowest BCUT2D eigenvalue weighted by Crippen LogP contribution is -2.43. The largest absolute Gasteiger partial charge is 0.374 e. The molecule has 0 aromatic heterocycles. The van der Waals surface area contributed by atoms with Crippen molar-refractivity contribution in [2.75, 3.05) is 34.8 Å². The molecule has 3 amide bonds. The Morgan fingerprint density at radius 3 is 2.59 bits per heavy atom. The van der Waals surface area contributed by atoms with Gasteiger partial charge in [0.1, 0.15) is 6.04 Å². The van der Waals surface area contributed by atoms with E-state index in [2.05, 4.69) is 27.7 Å². The van der Waals surface area contributed by atoms with Crippen molar-refractivity contribution in [1.29, 1.82) is 0 Å². The van der Waals surface area contributed by atoms with Gasteiger partial charge in [-0.2, -0.15) is 11.8 Å². The van der Waals surface area contributed by atoms with E-state index in [-0.39, 0.29) is 0 Å². The fourth-order valence-electron chi connectivity index (χ4n) is 2.36. The van der Waals surface area contributed by atoms with Crippen LogP contribution in [0.3, 0.4) is 0 Å². The van der Waals surface area contributed by atoms with Crippen molar-refractivity contribution >= 4 is 35.1 Å². The zero-order valence-electron chi connectivity index (χ0n) is 12.9. The summed E-state index contributed by atoms with van der Waals surface area (Å²) >= 11 is 1.98. The highest BCUT2D eigenvalue weighted by Gasteiger charge is 2.16. The number of anilines is 2. The second-order valence-electron chi connectivity index (χ2n) is 5.32. The van der Waals surface area contributed by atoms with Crippen LogP contribution >= 0.6 is 11.8 Å². The van der Waals surface area contributed by atoms with Crippen LogP contribution in [0.4, 0.5) is 16.2 Å². The van der Waals surface area contributed by atoms with Gasteiger partial charge in [-0.15, -0.1) is 0 Å². The molecule has 22 heavy (non-hydrogen) atoms. The fraction of sp³-hybridized carbons (Fsp3) is 0.467. The minimum absolute atomic E-state index is 0.441. The number of hydrogen-bond donors (Lipinski definition) is 3. The molecule has 1 aromatic rings. The summed E-state index contributed by atoms with van der Waals surface area (Å²) in [4.78, 5) is 24.8. The lowest BCUT2D eigenvalue weighted by atomic mass is 10.1. The first-order valence-corrected chi connectivity index (χ1v) is 8.43. The number of nitrogens with zero attached hydrogens (tertiary/aromatic N) is 1. The van der Waals surface area contributed by atoms with Crippen LogP contribution in [0.2, 0.25) is 0 Å². The fourth-order valence-corrected chi connectivity index (χ4v) is 3.26. The number of hydrogen-bond acceptors (Lipinski definition) is 5. The molecule has 0 unspecified atom stereocenters. The maximum atomic E-state index is 11.7. The molecule has 7 heteroatoms. The zero-order chi connectivity index (χ0) is 16.1. The van der Waals surface area contributed by atoms with Gasteiger partial charge in [0.2, 0.25) is 5.91 Å². The Balaban J connectivity index is 2.03. The third-order valence-corrected chi connectivity index (χ3v) is 4.54. The lowest BCUT2D eigenvalue weighted by molar-refractivity contribution is -0.120. The molecule has 0 spiro atoms. The lowest BCUT2D eigenvalue weighted by Gasteiger charge is -2.29. The van der Waals surface area contributed by atoms with E-state index in [0.29, 0.717) is 0 Å². The minimum atomic E-state index is -0.839. The number of rotatable bonds is 4. The van der Waals surface area contributed by atoms with Gasteiger partial charge in [0.05, 0.1) is 0 Å². The summed E-state index contributed by atoms with van der Waals surface area (Å²) in [6.07, 6.45) is 0. The van der Waals surface area contributed by atoms with Gasteiger partial charge in [-0.25, -0.2) is 4.79 Å². The number of carbonyl (C=O) groups is 2. The van der Waals surface area contributed by atoms with Crippen LogP contribution in [0.5, 0.6) is 0 Å². The number of carbonyl (C=O) groups excluding carboxylic acids is 2. The van der Waals surface area contributed by atoms with Crippen molar-refractivity contribution in [3.05, 3.63) is 23.8 Å². The number of nitrogens with two attached hydrogens (primary N) is 1. The summed E-state index contributed by atoms with van der Waals surface area (Å²) in [5.41, 5.74) is 8.10. The highest BCUT2D eigenvalue weighted by atomic mass is 32.2. The van der Waals surface area contributed by atoms with E-state index >= 15 is 0 Å². The molecule has 0 saturated carbocycles. The third-order valence-electron chi connectivity index (χ3n) is 3.60. The highest BCUT2D eigenvalue weighted by molar-refractivity contribution is 7.99. The van der Waals surface area contributed by atoms with E-state index in [0.717, 1.165) is 35.8 Å². The first-order chi connectivity index (χ1) is 10.5. The van der Waals surface area contributed by atoms with Gasteiger partial charge in [0.25, 0.3) is 0 Å². The minimum Gasteiger partial charge on any atom is -0.374 e. The standard InChI is InChI=1S/C15H22N4O2S/c1-10-9-12(19-5-7-22-8-6-19)3-4-13(10)17-11(2)14(20)18-15(16)21/h3-4,9,11,17H,5-8H2,1-2H3,(H3,16,18,20,21)/t11-/m0/s1. The van der Waals surface area contributed by atoms with Crippen LogP contribution in [0.15, 0.2) is 18.2 Å². The third kappa shape index (κ3) is 4.30. The van der Waals surface area contributed by atoms with Gasteiger partial charge in [-0.1, -0.05) is 0 Å². The average Bonchev–Trinajstić information content (AvgIpc) is 2.49. The molecule has 1 heterocycles.